The Morgan fingerprint density at radius 3 is 2.39 bits per heavy atom. The fourth-order valence-electron chi connectivity index (χ4n) is 3.10. The fourth-order valence-corrected chi connectivity index (χ4v) is 3.10. The quantitative estimate of drug-likeness (QED) is 0.742. The SMILES string of the molecule is CCCn1c(=O)c2c(nc3n(CCO)c(C)c(C)n23)n(C)c1=O. The molecule has 0 saturated carbocycles. The van der Waals surface area contributed by atoms with E-state index in [1.807, 2.05) is 25.3 Å². The van der Waals surface area contributed by atoms with E-state index in [4.69, 9.17) is 0 Å². The lowest BCUT2D eigenvalue weighted by Crippen LogP contribution is -2.39. The number of aromatic nitrogens is 5. The van der Waals surface area contributed by atoms with Crippen LogP contribution in [-0.4, -0.2) is 34.8 Å². The standard InChI is InChI=1S/C15H21N5O3/c1-5-6-19-13(22)11-12(17(4)15(19)23)16-14-18(7-8-21)9(2)10(3)20(11)14/h21H,5-8H2,1-4H3. The van der Waals surface area contributed by atoms with Gasteiger partial charge in [0.15, 0.2) is 11.2 Å². The summed E-state index contributed by atoms with van der Waals surface area (Å²) in [5, 5.41) is 9.28. The highest BCUT2D eigenvalue weighted by Gasteiger charge is 2.21. The molecular formula is C15H21N5O3. The van der Waals surface area contributed by atoms with Crippen LogP contribution in [0.2, 0.25) is 0 Å². The number of rotatable bonds is 4. The molecule has 0 spiro atoms. The van der Waals surface area contributed by atoms with Crippen molar-refractivity contribution in [2.24, 2.45) is 7.05 Å². The van der Waals surface area contributed by atoms with Crippen LogP contribution in [0.1, 0.15) is 24.7 Å². The molecule has 0 radical (unpaired) electrons. The topological polar surface area (TPSA) is 86.5 Å². The van der Waals surface area contributed by atoms with E-state index in [0.717, 1.165) is 11.4 Å². The highest BCUT2D eigenvalue weighted by Crippen LogP contribution is 2.20. The Bertz CT molecular complexity index is 1020. The van der Waals surface area contributed by atoms with Crippen molar-refractivity contribution < 1.29 is 5.11 Å². The van der Waals surface area contributed by atoms with Crippen molar-refractivity contribution in [3.05, 3.63) is 32.2 Å². The molecule has 23 heavy (non-hydrogen) atoms. The van der Waals surface area contributed by atoms with Crippen LogP contribution in [-0.2, 0) is 20.1 Å². The first kappa shape index (κ1) is 15.5. The number of hydrogen-bond donors (Lipinski definition) is 1. The summed E-state index contributed by atoms with van der Waals surface area (Å²) < 4.78 is 6.32. The van der Waals surface area contributed by atoms with E-state index in [2.05, 4.69) is 4.98 Å². The molecule has 0 aromatic carbocycles. The number of fused-ring (bicyclic) bond motifs is 3. The average molecular weight is 319 g/mol. The molecule has 0 aliphatic carbocycles. The summed E-state index contributed by atoms with van der Waals surface area (Å²) in [6.45, 7) is 6.51. The highest BCUT2D eigenvalue weighted by molar-refractivity contribution is 5.76. The molecule has 0 unspecified atom stereocenters. The summed E-state index contributed by atoms with van der Waals surface area (Å²) in [6.07, 6.45) is 0.701. The van der Waals surface area contributed by atoms with Crippen molar-refractivity contribution in [1.82, 2.24) is 23.1 Å². The van der Waals surface area contributed by atoms with Gasteiger partial charge in [-0.05, 0) is 20.3 Å². The largest absolute Gasteiger partial charge is 0.395 e. The Morgan fingerprint density at radius 1 is 1.09 bits per heavy atom. The minimum atomic E-state index is -0.354. The van der Waals surface area contributed by atoms with Gasteiger partial charge in [-0.25, -0.2) is 4.79 Å². The van der Waals surface area contributed by atoms with Gasteiger partial charge < -0.3 is 9.67 Å². The molecular weight excluding hydrogens is 298 g/mol. The third kappa shape index (κ3) is 1.98. The van der Waals surface area contributed by atoms with E-state index >= 15 is 0 Å². The molecule has 3 rings (SSSR count). The van der Waals surface area contributed by atoms with Gasteiger partial charge in [0.05, 0.1) is 6.61 Å². The summed E-state index contributed by atoms with van der Waals surface area (Å²) in [5.41, 5.74) is 1.94. The monoisotopic (exact) mass is 319 g/mol. The summed E-state index contributed by atoms with van der Waals surface area (Å²) in [7, 11) is 1.63. The van der Waals surface area contributed by atoms with E-state index in [0.29, 0.717) is 36.5 Å². The van der Waals surface area contributed by atoms with E-state index in [1.54, 1.807) is 11.4 Å². The predicted octanol–water partition coefficient (Wildman–Crippen LogP) is 0.169. The Morgan fingerprint density at radius 2 is 1.78 bits per heavy atom. The van der Waals surface area contributed by atoms with Gasteiger partial charge in [-0.2, -0.15) is 4.98 Å². The van der Waals surface area contributed by atoms with Gasteiger partial charge in [0, 0.05) is 31.5 Å². The molecule has 0 bridgehead atoms. The molecule has 0 aliphatic rings. The minimum absolute atomic E-state index is 0.0210. The summed E-state index contributed by atoms with van der Waals surface area (Å²) in [6, 6.07) is 0. The van der Waals surface area contributed by atoms with Gasteiger partial charge in [-0.15, -0.1) is 0 Å². The van der Waals surface area contributed by atoms with Crippen LogP contribution in [0.4, 0.5) is 0 Å². The van der Waals surface area contributed by atoms with Crippen LogP contribution < -0.4 is 11.2 Å². The van der Waals surface area contributed by atoms with Gasteiger partial charge in [-0.1, -0.05) is 6.92 Å². The molecule has 0 aliphatic heterocycles. The smallest absolute Gasteiger partial charge is 0.332 e. The maximum absolute atomic E-state index is 12.8. The van der Waals surface area contributed by atoms with Crippen LogP contribution in [0.5, 0.6) is 0 Å². The van der Waals surface area contributed by atoms with Gasteiger partial charge in [0.1, 0.15) is 0 Å². The molecule has 1 N–H and O–H groups in total. The van der Waals surface area contributed by atoms with E-state index in [-0.39, 0.29) is 17.9 Å². The van der Waals surface area contributed by atoms with Crippen LogP contribution in [0.15, 0.2) is 9.59 Å². The van der Waals surface area contributed by atoms with Gasteiger partial charge in [0.2, 0.25) is 5.78 Å². The number of imidazole rings is 2. The number of aliphatic hydroxyl groups excluding tert-OH is 1. The normalized spacial score (nSPS) is 11.9. The summed E-state index contributed by atoms with van der Waals surface area (Å²) in [5.74, 6) is 0.574. The zero-order valence-corrected chi connectivity index (χ0v) is 13.8. The van der Waals surface area contributed by atoms with Crippen molar-refractivity contribution in [2.45, 2.75) is 40.3 Å². The summed E-state index contributed by atoms with van der Waals surface area (Å²) in [4.78, 5) is 29.7. The number of hydrogen-bond acceptors (Lipinski definition) is 4. The van der Waals surface area contributed by atoms with Crippen LogP contribution in [0, 0.1) is 13.8 Å². The second kappa shape index (κ2) is 5.38. The molecule has 0 atom stereocenters. The number of aliphatic hydroxyl groups is 1. The first-order valence-corrected chi connectivity index (χ1v) is 7.72. The number of aryl methyl sites for hydroxylation is 2. The molecule has 8 nitrogen and oxygen atoms in total. The predicted molar refractivity (Wildman–Crippen MR) is 87.0 cm³/mol. The zero-order chi connectivity index (χ0) is 16.9. The lowest BCUT2D eigenvalue weighted by atomic mass is 10.3. The first-order chi connectivity index (χ1) is 10.9. The second-order valence-electron chi connectivity index (χ2n) is 5.76. The molecule has 3 aromatic heterocycles. The van der Waals surface area contributed by atoms with Gasteiger partial charge >= 0.3 is 5.69 Å². The minimum Gasteiger partial charge on any atom is -0.395 e. The van der Waals surface area contributed by atoms with Crippen LogP contribution in [0.3, 0.4) is 0 Å². The van der Waals surface area contributed by atoms with Crippen molar-refractivity contribution >= 4 is 16.9 Å². The molecule has 0 fully saturated rings. The third-order valence-electron chi connectivity index (χ3n) is 4.40. The summed E-state index contributed by atoms with van der Waals surface area (Å²) >= 11 is 0. The highest BCUT2D eigenvalue weighted by atomic mass is 16.3. The van der Waals surface area contributed by atoms with Crippen LogP contribution in [0.25, 0.3) is 16.9 Å². The van der Waals surface area contributed by atoms with Crippen LogP contribution >= 0.6 is 0 Å². The Kier molecular flexibility index (Phi) is 3.63. The van der Waals surface area contributed by atoms with Crippen molar-refractivity contribution in [1.29, 1.82) is 0 Å². The third-order valence-corrected chi connectivity index (χ3v) is 4.40. The zero-order valence-electron chi connectivity index (χ0n) is 13.8. The maximum atomic E-state index is 12.8. The Labute approximate surface area is 132 Å². The van der Waals surface area contributed by atoms with Crippen molar-refractivity contribution in [3.63, 3.8) is 0 Å². The molecule has 8 heteroatoms. The lowest BCUT2D eigenvalue weighted by molar-refractivity contribution is 0.276. The van der Waals surface area contributed by atoms with E-state index < -0.39 is 0 Å². The average Bonchev–Trinajstić information content (AvgIpc) is 3.02. The maximum Gasteiger partial charge on any atom is 0.332 e. The fraction of sp³-hybridized carbons (Fsp3) is 0.533. The molecule has 3 aromatic rings. The molecule has 3 heterocycles. The lowest BCUT2D eigenvalue weighted by Gasteiger charge is -2.07. The van der Waals surface area contributed by atoms with Crippen molar-refractivity contribution in [2.75, 3.05) is 6.61 Å². The molecule has 0 saturated heterocycles. The molecule has 124 valence electrons. The van der Waals surface area contributed by atoms with E-state index in [9.17, 15) is 14.7 Å². The number of nitrogens with zero attached hydrogens (tertiary/aromatic N) is 5. The van der Waals surface area contributed by atoms with Crippen molar-refractivity contribution in [3.8, 4) is 0 Å². The van der Waals surface area contributed by atoms with Gasteiger partial charge in [-0.3, -0.25) is 18.3 Å². The second-order valence-corrected chi connectivity index (χ2v) is 5.76. The Balaban J connectivity index is 2.55. The van der Waals surface area contributed by atoms with Gasteiger partial charge in [0.25, 0.3) is 5.56 Å². The molecule has 0 amide bonds. The Hall–Kier alpha value is -2.35. The first-order valence-electron chi connectivity index (χ1n) is 7.72. The van der Waals surface area contributed by atoms with E-state index in [1.165, 1.54) is 9.13 Å².